The van der Waals surface area contributed by atoms with E-state index < -0.39 is 17.4 Å². The van der Waals surface area contributed by atoms with Gasteiger partial charge in [0.2, 0.25) is 0 Å². The number of aldehydes is 1. The summed E-state index contributed by atoms with van der Waals surface area (Å²) in [7, 11) is 2.42. The lowest BCUT2D eigenvalue weighted by Gasteiger charge is -2.24. The third-order valence-electron chi connectivity index (χ3n) is 2.83. The van der Waals surface area contributed by atoms with Crippen LogP contribution in [0.3, 0.4) is 0 Å². The van der Waals surface area contributed by atoms with Crippen LogP contribution in [-0.2, 0) is 23.9 Å². The average Bonchev–Trinajstić information content (AvgIpc) is 2.52. The van der Waals surface area contributed by atoms with E-state index in [4.69, 9.17) is 9.47 Å². The van der Waals surface area contributed by atoms with Gasteiger partial charge in [-0.1, -0.05) is 0 Å². The van der Waals surface area contributed by atoms with Gasteiger partial charge < -0.3 is 14.3 Å². The molecule has 0 N–H and O–H groups in total. The lowest BCUT2D eigenvalue weighted by molar-refractivity contribution is -0.168. The Hall–Kier alpha value is -2.31. The first-order valence-corrected chi connectivity index (χ1v) is 6.48. The van der Waals surface area contributed by atoms with Crippen LogP contribution in [0.2, 0.25) is 0 Å². The number of methoxy groups -OCH3 is 2. The van der Waals surface area contributed by atoms with Gasteiger partial charge in [0.1, 0.15) is 6.29 Å². The number of carbonyl (C=O) groups excluding carboxylic acids is 3. The number of hydrogen-bond acceptors (Lipinski definition) is 5. The SMILES string of the molecule is CC#CCC(CC=C=CCCC=O)(C(=O)OC)C(=O)OC. The highest BCUT2D eigenvalue weighted by Gasteiger charge is 2.47. The number of esters is 2. The molecule has 0 aliphatic carbocycles. The van der Waals surface area contributed by atoms with Crippen LogP contribution in [0.25, 0.3) is 0 Å². The molecule has 114 valence electrons. The summed E-state index contributed by atoms with van der Waals surface area (Å²) in [6.07, 6.45) is 5.06. The van der Waals surface area contributed by atoms with Gasteiger partial charge in [-0.25, -0.2) is 0 Å². The lowest BCUT2D eigenvalue weighted by Crippen LogP contribution is -2.40. The van der Waals surface area contributed by atoms with E-state index in [0.717, 1.165) is 6.29 Å². The Balaban J connectivity index is 5.29. The second-order valence-corrected chi connectivity index (χ2v) is 4.19. The normalized spacial score (nSPS) is 9.48. The summed E-state index contributed by atoms with van der Waals surface area (Å²) in [5.74, 6) is 3.99. The Kier molecular flexibility index (Phi) is 9.32. The summed E-state index contributed by atoms with van der Waals surface area (Å²) in [4.78, 5) is 34.2. The maximum absolute atomic E-state index is 12.0. The number of rotatable bonds is 8. The molecule has 0 saturated heterocycles. The Labute approximate surface area is 125 Å². The second-order valence-electron chi connectivity index (χ2n) is 4.19. The van der Waals surface area contributed by atoms with Gasteiger partial charge in [0, 0.05) is 19.3 Å². The summed E-state index contributed by atoms with van der Waals surface area (Å²) in [6, 6.07) is 0. The molecule has 0 heterocycles. The summed E-state index contributed by atoms with van der Waals surface area (Å²) >= 11 is 0. The van der Waals surface area contributed by atoms with Crippen LogP contribution in [-0.4, -0.2) is 32.4 Å². The number of hydrogen-bond donors (Lipinski definition) is 0. The highest BCUT2D eigenvalue weighted by atomic mass is 16.5. The molecule has 0 aromatic heterocycles. The molecule has 0 aromatic rings. The first-order valence-electron chi connectivity index (χ1n) is 6.48. The number of carbonyl (C=O) groups is 3. The third kappa shape index (κ3) is 5.68. The van der Waals surface area contributed by atoms with Crippen LogP contribution >= 0.6 is 0 Å². The molecular formula is C16H20O5. The Morgan fingerprint density at radius 1 is 1.10 bits per heavy atom. The molecule has 0 spiro atoms. The van der Waals surface area contributed by atoms with Crippen molar-refractivity contribution in [2.75, 3.05) is 14.2 Å². The van der Waals surface area contributed by atoms with Crippen molar-refractivity contribution in [3.63, 3.8) is 0 Å². The lowest BCUT2D eigenvalue weighted by atomic mass is 9.81. The fraction of sp³-hybridized carbons (Fsp3) is 0.500. The van der Waals surface area contributed by atoms with Crippen molar-refractivity contribution < 1.29 is 23.9 Å². The van der Waals surface area contributed by atoms with Crippen LogP contribution in [0.4, 0.5) is 0 Å². The second kappa shape index (κ2) is 10.5. The van der Waals surface area contributed by atoms with Crippen molar-refractivity contribution in [1.29, 1.82) is 0 Å². The van der Waals surface area contributed by atoms with Gasteiger partial charge in [0.05, 0.1) is 14.2 Å². The molecule has 5 heteroatoms. The van der Waals surface area contributed by atoms with Gasteiger partial charge in [-0.2, -0.15) is 0 Å². The van der Waals surface area contributed by atoms with Gasteiger partial charge in [-0.05, 0) is 25.5 Å². The highest BCUT2D eigenvalue weighted by Crippen LogP contribution is 2.30. The van der Waals surface area contributed by atoms with E-state index in [1.807, 2.05) is 0 Å². The molecular weight excluding hydrogens is 272 g/mol. The molecule has 5 nitrogen and oxygen atoms in total. The standard InChI is InChI=1S/C16H20O5/c1-4-5-11-16(14(18)20-2,15(19)21-3)12-9-7-6-8-10-13-17/h6,9,13H,8,10-12H2,1-3H3. The summed E-state index contributed by atoms with van der Waals surface area (Å²) < 4.78 is 9.44. The van der Waals surface area contributed by atoms with Crippen molar-refractivity contribution in [3.05, 3.63) is 17.9 Å². The fourth-order valence-corrected chi connectivity index (χ4v) is 1.65. The summed E-state index contributed by atoms with van der Waals surface area (Å²) in [5.41, 5.74) is 1.35. The van der Waals surface area contributed by atoms with Gasteiger partial charge in [-0.3, -0.25) is 9.59 Å². The van der Waals surface area contributed by atoms with E-state index in [9.17, 15) is 14.4 Å². The Morgan fingerprint density at radius 3 is 2.19 bits per heavy atom. The predicted octanol–water partition coefficient (Wildman–Crippen LogP) is 1.81. The largest absolute Gasteiger partial charge is 0.468 e. The zero-order valence-electron chi connectivity index (χ0n) is 12.6. The molecule has 0 saturated carbocycles. The zero-order valence-corrected chi connectivity index (χ0v) is 12.6. The molecule has 21 heavy (non-hydrogen) atoms. The van der Waals surface area contributed by atoms with Crippen LogP contribution in [0.15, 0.2) is 17.9 Å². The molecule has 0 radical (unpaired) electrons. The number of ether oxygens (including phenoxy) is 2. The molecule has 0 fully saturated rings. The van der Waals surface area contributed by atoms with E-state index in [1.165, 1.54) is 14.2 Å². The summed E-state index contributed by atoms with van der Waals surface area (Å²) in [6.45, 7) is 1.62. The molecule has 0 aliphatic heterocycles. The molecule has 0 aliphatic rings. The van der Waals surface area contributed by atoms with E-state index in [-0.39, 0.29) is 12.8 Å². The highest BCUT2D eigenvalue weighted by molar-refractivity contribution is 6.00. The minimum atomic E-state index is -1.49. The first kappa shape index (κ1) is 18.7. The number of allylic oxidation sites excluding steroid dienone is 1. The minimum Gasteiger partial charge on any atom is -0.468 e. The summed E-state index contributed by atoms with van der Waals surface area (Å²) in [5, 5.41) is 0. The first-order chi connectivity index (χ1) is 10.1. The van der Waals surface area contributed by atoms with Crippen molar-refractivity contribution in [2.45, 2.75) is 32.6 Å². The van der Waals surface area contributed by atoms with Gasteiger partial charge in [0.25, 0.3) is 0 Å². The topological polar surface area (TPSA) is 69.7 Å². The van der Waals surface area contributed by atoms with Gasteiger partial charge in [-0.15, -0.1) is 17.6 Å². The smallest absolute Gasteiger partial charge is 0.324 e. The van der Waals surface area contributed by atoms with E-state index in [0.29, 0.717) is 12.8 Å². The maximum atomic E-state index is 12.0. The average molecular weight is 292 g/mol. The van der Waals surface area contributed by atoms with Gasteiger partial charge >= 0.3 is 11.9 Å². The van der Waals surface area contributed by atoms with E-state index in [1.54, 1.807) is 19.1 Å². The Bertz CT molecular complexity index is 471. The molecule has 0 amide bonds. The predicted molar refractivity (Wildman–Crippen MR) is 77.1 cm³/mol. The number of unbranched alkanes of at least 4 members (excludes halogenated alkanes) is 1. The maximum Gasteiger partial charge on any atom is 0.324 e. The van der Waals surface area contributed by atoms with Gasteiger partial charge in [0.15, 0.2) is 5.41 Å². The third-order valence-corrected chi connectivity index (χ3v) is 2.83. The van der Waals surface area contributed by atoms with Crippen LogP contribution in [0.5, 0.6) is 0 Å². The molecule has 0 aromatic carbocycles. The molecule has 0 atom stereocenters. The van der Waals surface area contributed by atoms with Crippen molar-refractivity contribution in [3.8, 4) is 11.8 Å². The molecule has 0 rings (SSSR count). The zero-order chi connectivity index (χ0) is 16.1. The quantitative estimate of drug-likeness (QED) is 0.170. The monoisotopic (exact) mass is 292 g/mol. The van der Waals surface area contributed by atoms with E-state index >= 15 is 0 Å². The molecule has 0 unspecified atom stereocenters. The van der Waals surface area contributed by atoms with Crippen LogP contribution in [0.1, 0.15) is 32.6 Å². The van der Waals surface area contributed by atoms with Crippen LogP contribution < -0.4 is 0 Å². The van der Waals surface area contributed by atoms with E-state index in [2.05, 4.69) is 17.6 Å². The molecule has 0 bridgehead atoms. The van der Waals surface area contributed by atoms with Crippen LogP contribution in [0, 0.1) is 17.3 Å². The fourth-order valence-electron chi connectivity index (χ4n) is 1.65. The van der Waals surface area contributed by atoms with Crippen molar-refractivity contribution >= 4 is 18.2 Å². The Morgan fingerprint density at radius 2 is 1.71 bits per heavy atom. The van der Waals surface area contributed by atoms with Crippen molar-refractivity contribution in [1.82, 2.24) is 0 Å². The van der Waals surface area contributed by atoms with Crippen molar-refractivity contribution in [2.24, 2.45) is 5.41 Å². The minimum absolute atomic E-state index is 0.00929.